The van der Waals surface area contributed by atoms with E-state index in [0.717, 1.165) is 6.26 Å². The summed E-state index contributed by atoms with van der Waals surface area (Å²) >= 11 is 0. The molecule has 1 heterocycles. The lowest BCUT2D eigenvalue weighted by Gasteiger charge is -2.20. The molecule has 1 unspecified atom stereocenters. The molecule has 15 heavy (non-hydrogen) atoms. The fourth-order valence-corrected chi connectivity index (χ4v) is 2.74. The Bertz CT molecular complexity index is 354. The van der Waals surface area contributed by atoms with Crippen LogP contribution in [0.25, 0.3) is 0 Å². The molecule has 5 heteroatoms. The van der Waals surface area contributed by atoms with E-state index in [2.05, 4.69) is 0 Å². The highest BCUT2D eigenvalue weighted by Gasteiger charge is 2.50. The highest BCUT2D eigenvalue weighted by atomic mass is 32.3. The van der Waals surface area contributed by atoms with Crippen molar-refractivity contribution in [2.45, 2.75) is 5.60 Å². The summed E-state index contributed by atoms with van der Waals surface area (Å²) in [5.41, 5.74) is -0.223. The van der Waals surface area contributed by atoms with Gasteiger partial charge in [0.2, 0.25) is 0 Å². The van der Waals surface area contributed by atoms with E-state index in [-0.39, 0.29) is 11.6 Å². The Hall–Kier alpha value is -0.680. The molecule has 0 spiro atoms. The number of halogens is 3. The largest absolute Gasteiger partial charge is 0.363 e. The third-order valence-electron chi connectivity index (χ3n) is 2.35. The Morgan fingerprint density at radius 1 is 1.33 bits per heavy atom. The second-order valence-corrected chi connectivity index (χ2v) is 5.84. The standard InChI is InChI=1S/C10H11F3OS/c1-15(12,13)7-10(6-14-10)8-2-4-9(11)5-3-8/h2-5H,6-7H2,1H3. The number of epoxide rings is 1. The number of hydrogen-bond donors (Lipinski definition) is 0. The van der Waals surface area contributed by atoms with Crippen LogP contribution in [0, 0.1) is 5.82 Å². The quantitative estimate of drug-likeness (QED) is 0.734. The Kier molecular flexibility index (Phi) is 2.47. The zero-order valence-electron chi connectivity index (χ0n) is 8.17. The number of ether oxygens (including phenoxy) is 1. The van der Waals surface area contributed by atoms with Gasteiger partial charge in [0.25, 0.3) is 0 Å². The van der Waals surface area contributed by atoms with Crippen LogP contribution in [-0.2, 0) is 10.3 Å². The maximum atomic E-state index is 13.0. The van der Waals surface area contributed by atoms with Gasteiger partial charge >= 0.3 is 0 Å². The highest BCUT2D eigenvalue weighted by Crippen LogP contribution is 2.56. The summed E-state index contributed by atoms with van der Waals surface area (Å²) in [6, 6.07) is 5.55. The van der Waals surface area contributed by atoms with Crippen LogP contribution in [0.5, 0.6) is 0 Å². The zero-order chi connectivity index (χ0) is 11.1. The van der Waals surface area contributed by atoms with E-state index in [9.17, 15) is 12.2 Å². The maximum Gasteiger partial charge on any atom is 0.129 e. The zero-order valence-corrected chi connectivity index (χ0v) is 8.99. The van der Waals surface area contributed by atoms with E-state index in [1.54, 1.807) is 0 Å². The van der Waals surface area contributed by atoms with Gasteiger partial charge < -0.3 is 4.74 Å². The fraction of sp³-hybridized carbons (Fsp3) is 0.400. The van der Waals surface area contributed by atoms with Crippen molar-refractivity contribution < 1.29 is 16.9 Å². The van der Waals surface area contributed by atoms with Crippen LogP contribution in [0.1, 0.15) is 5.56 Å². The van der Waals surface area contributed by atoms with Gasteiger partial charge in [0.15, 0.2) is 0 Å². The summed E-state index contributed by atoms with van der Waals surface area (Å²) in [4.78, 5) is 0. The summed E-state index contributed by atoms with van der Waals surface area (Å²) < 4.78 is 43.7. The van der Waals surface area contributed by atoms with E-state index in [4.69, 9.17) is 4.74 Å². The first-order valence-electron chi connectivity index (χ1n) is 4.47. The molecule has 0 aliphatic carbocycles. The molecule has 0 saturated carbocycles. The summed E-state index contributed by atoms with van der Waals surface area (Å²) in [7, 11) is -3.60. The predicted octanol–water partition coefficient (Wildman–Crippen LogP) is 3.25. The van der Waals surface area contributed by atoms with Crippen LogP contribution < -0.4 is 0 Å². The SMILES string of the molecule is CS(F)(F)CC1(c2ccc(F)cc2)CO1. The van der Waals surface area contributed by atoms with Crippen LogP contribution in [0.15, 0.2) is 24.3 Å². The first-order valence-corrected chi connectivity index (χ1v) is 6.48. The normalized spacial score (nSPS) is 26.4. The van der Waals surface area contributed by atoms with E-state index in [0.29, 0.717) is 12.2 Å². The average molecular weight is 236 g/mol. The molecule has 1 aromatic rings. The molecule has 0 amide bonds. The molecule has 0 aromatic heterocycles. The van der Waals surface area contributed by atoms with Gasteiger partial charge in [-0.05, 0) is 17.7 Å². The highest BCUT2D eigenvalue weighted by molar-refractivity contribution is 8.24. The molecule has 1 nitrogen and oxygen atoms in total. The van der Waals surface area contributed by atoms with Gasteiger partial charge in [0.05, 0.1) is 23.2 Å². The number of hydrogen-bond acceptors (Lipinski definition) is 1. The molecule has 0 radical (unpaired) electrons. The van der Waals surface area contributed by atoms with Gasteiger partial charge in [-0.1, -0.05) is 12.1 Å². The molecule has 1 fully saturated rings. The monoisotopic (exact) mass is 236 g/mol. The molecule has 1 aliphatic rings. The van der Waals surface area contributed by atoms with E-state index in [1.165, 1.54) is 24.3 Å². The second-order valence-electron chi connectivity index (χ2n) is 3.81. The minimum atomic E-state index is -3.60. The van der Waals surface area contributed by atoms with Crippen molar-refractivity contribution >= 4 is 10.8 Å². The molecular weight excluding hydrogens is 225 g/mol. The van der Waals surface area contributed by atoms with Crippen molar-refractivity contribution in [1.82, 2.24) is 0 Å². The minimum absolute atomic E-state index is 0.272. The summed E-state index contributed by atoms with van der Waals surface area (Å²) in [5.74, 6) is -0.642. The molecule has 0 bridgehead atoms. The topological polar surface area (TPSA) is 12.5 Å². The molecule has 1 atom stereocenters. The van der Waals surface area contributed by atoms with Crippen LogP contribution in [0.4, 0.5) is 12.2 Å². The van der Waals surface area contributed by atoms with Gasteiger partial charge in [-0.15, -0.1) is 0 Å². The fourth-order valence-electron chi connectivity index (χ4n) is 1.58. The predicted molar refractivity (Wildman–Crippen MR) is 54.6 cm³/mol. The first kappa shape index (κ1) is 10.8. The lowest BCUT2D eigenvalue weighted by molar-refractivity contribution is 0.330. The molecule has 1 aliphatic heterocycles. The van der Waals surface area contributed by atoms with Crippen LogP contribution >= 0.6 is 10.8 Å². The Balaban J connectivity index is 2.20. The van der Waals surface area contributed by atoms with Crippen molar-refractivity contribution in [3.63, 3.8) is 0 Å². The second kappa shape index (κ2) is 3.42. The van der Waals surface area contributed by atoms with Crippen molar-refractivity contribution in [1.29, 1.82) is 0 Å². The van der Waals surface area contributed by atoms with Crippen molar-refractivity contribution in [2.24, 2.45) is 0 Å². The number of rotatable bonds is 3. The van der Waals surface area contributed by atoms with Gasteiger partial charge in [-0.2, -0.15) is 7.77 Å². The molecule has 1 saturated heterocycles. The maximum absolute atomic E-state index is 13.0. The van der Waals surface area contributed by atoms with Crippen LogP contribution in [0.3, 0.4) is 0 Å². The van der Waals surface area contributed by atoms with Crippen LogP contribution in [-0.4, -0.2) is 18.6 Å². The summed E-state index contributed by atoms with van der Waals surface area (Å²) in [6.45, 7) is 0.301. The Labute approximate surface area is 88.1 Å². The van der Waals surface area contributed by atoms with Crippen molar-refractivity contribution in [3.05, 3.63) is 35.6 Å². The lowest BCUT2D eigenvalue weighted by atomic mass is 10.0. The first-order chi connectivity index (χ1) is 6.91. The Morgan fingerprint density at radius 2 is 1.87 bits per heavy atom. The molecule has 0 N–H and O–H groups in total. The number of benzene rings is 1. The molecule has 84 valence electrons. The summed E-state index contributed by atoms with van der Waals surface area (Å²) in [6.07, 6.45) is 0.944. The smallest absolute Gasteiger partial charge is 0.129 e. The Morgan fingerprint density at radius 3 is 2.27 bits per heavy atom. The molecule has 2 rings (SSSR count). The third kappa shape index (κ3) is 2.46. The lowest BCUT2D eigenvalue weighted by Crippen LogP contribution is -2.16. The van der Waals surface area contributed by atoms with Crippen molar-refractivity contribution in [2.75, 3.05) is 18.6 Å². The van der Waals surface area contributed by atoms with E-state index >= 15 is 0 Å². The third-order valence-corrected chi connectivity index (χ3v) is 3.32. The van der Waals surface area contributed by atoms with E-state index in [1.807, 2.05) is 0 Å². The molecule has 1 aromatic carbocycles. The molecular formula is C10H11F3OS. The van der Waals surface area contributed by atoms with Crippen molar-refractivity contribution in [3.8, 4) is 0 Å². The van der Waals surface area contributed by atoms with Gasteiger partial charge in [-0.25, -0.2) is 4.39 Å². The van der Waals surface area contributed by atoms with Gasteiger partial charge in [-0.3, -0.25) is 0 Å². The van der Waals surface area contributed by atoms with E-state index < -0.39 is 16.4 Å². The van der Waals surface area contributed by atoms with Crippen LogP contribution in [0.2, 0.25) is 0 Å². The minimum Gasteiger partial charge on any atom is -0.363 e. The van der Waals surface area contributed by atoms with Gasteiger partial charge in [0.1, 0.15) is 11.4 Å². The summed E-state index contributed by atoms with van der Waals surface area (Å²) in [5, 5.41) is 0. The average Bonchev–Trinajstić information content (AvgIpc) is 2.83. The van der Waals surface area contributed by atoms with Gasteiger partial charge in [0, 0.05) is 6.26 Å².